The van der Waals surface area contributed by atoms with E-state index in [-0.39, 0.29) is 17.5 Å². The molecule has 2 unspecified atom stereocenters. The largest absolute Gasteiger partial charge is 0.326 e. The van der Waals surface area contributed by atoms with Crippen LogP contribution in [0.3, 0.4) is 0 Å². The Hall–Kier alpha value is -0.0800. The molecule has 1 rings (SSSR count). The molecule has 1 aliphatic carbocycles. The van der Waals surface area contributed by atoms with Crippen LogP contribution in [0.4, 0.5) is 0 Å². The van der Waals surface area contributed by atoms with E-state index < -0.39 is 0 Å². The van der Waals surface area contributed by atoms with Crippen molar-refractivity contribution in [3.63, 3.8) is 0 Å². The van der Waals surface area contributed by atoms with Crippen LogP contribution < -0.4 is 11.5 Å². The van der Waals surface area contributed by atoms with Crippen LogP contribution in [-0.2, 0) is 0 Å². The van der Waals surface area contributed by atoms with E-state index in [1.165, 1.54) is 12.8 Å². The Morgan fingerprint density at radius 2 is 1.90 bits per heavy atom. The second kappa shape index (κ2) is 2.51. The lowest BCUT2D eigenvalue weighted by Gasteiger charge is -2.40. The third kappa shape index (κ3) is 1.32. The SMILES string of the molecule is CC1(C)CCCC(N)C1N. The highest BCUT2D eigenvalue weighted by Gasteiger charge is 2.34. The topological polar surface area (TPSA) is 52.0 Å². The minimum atomic E-state index is 0.196. The van der Waals surface area contributed by atoms with Gasteiger partial charge in [0.05, 0.1) is 0 Å². The molecule has 1 aliphatic rings. The molecular weight excluding hydrogens is 124 g/mol. The van der Waals surface area contributed by atoms with Crippen molar-refractivity contribution in [1.82, 2.24) is 0 Å². The summed E-state index contributed by atoms with van der Waals surface area (Å²) in [6, 6.07) is 0.421. The maximum atomic E-state index is 5.93. The zero-order valence-electron chi connectivity index (χ0n) is 6.93. The molecule has 0 aromatic heterocycles. The highest BCUT2D eigenvalue weighted by Crippen LogP contribution is 2.33. The van der Waals surface area contributed by atoms with Gasteiger partial charge >= 0.3 is 0 Å². The van der Waals surface area contributed by atoms with E-state index in [4.69, 9.17) is 11.5 Å². The molecule has 1 fully saturated rings. The van der Waals surface area contributed by atoms with Crippen molar-refractivity contribution in [3.8, 4) is 0 Å². The van der Waals surface area contributed by atoms with Crippen molar-refractivity contribution in [3.05, 3.63) is 0 Å². The van der Waals surface area contributed by atoms with E-state index in [0.29, 0.717) is 0 Å². The molecule has 0 aromatic rings. The van der Waals surface area contributed by atoms with Crippen molar-refractivity contribution in [2.45, 2.75) is 45.2 Å². The van der Waals surface area contributed by atoms with Crippen molar-refractivity contribution < 1.29 is 0 Å². The predicted molar refractivity (Wildman–Crippen MR) is 43.6 cm³/mol. The Morgan fingerprint density at radius 1 is 1.30 bits per heavy atom. The molecule has 0 bridgehead atoms. The number of hydrogen-bond acceptors (Lipinski definition) is 2. The van der Waals surface area contributed by atoms with Gasteiger partial charge in [-0.3, -0.25) is 0 Å². The number of rotatable bonds is 0. The molecule has 60 valence electrons. The van der Waals surface area contributed by atoms with Gasteiger partial charge in [-0.15, -0.1) is 0 Å². The van der Waals surface area contributed by atoms with E-state index in [1.807, 2.05) is 0 Å². The molecule has 0 spiro atoms. The van der Waals surface area contributed by atoms with Crippen LogP contribution in [0.1, 0.15) is 33.1 Å². The monoisotopic (exact) mass is 142 g/mol. The first-order valence-corrected chi connectivity index (χ1v) is 4.05. The Labute approximate surface area is 63.0 Å². The second-order valence-electron chi connectivity index (χ2n) is 4.07. The average Bonchev–Trinajstić information content (AvgIpc) is 1.83. The minimum Gasteiger partial charge on any atom is -0.326 e. The summed E-state index contributed by atoms with van der Waals surface area (Å²) in [6.45, 7) is 4.41. The third-order valence-corrected chi connectivity index (χ3v) is 2.72. The lowest BCUT2D eigenvalue weighted by Crippen LogP contribution is -2.53. The minimum absolute atomic E-state index is 0.196. The lowest BCUT2D eigenvalue weighted by atomic mass is 9.71. The molecule has 0 saturated heterocycles. The lowest BCUT2D eigenvalue weighted by molar-refractivity contribution is 0.179. The van der Waals surface area contributed by atoms with Gasteiger partial charge in [-0.1, -0.05) is 20.3 Å². The van der Waals surface area contributed by atoms with Crippen molar-refractivity contribution in [2.24, 2.45) is 16.9 Å². The maximum Gasteiger partial charge on any atom is 0.0244 e. The predicted octanol–water partition coefficient (Wildman–Crippen LogP) is 0.851. The maximum absolute atomic E-state index is 5.93. The summed E-state index contributed by atoms with van der Waals surface area (Å²) in [4.78, 5) is 0. The molecule has 0 aromatic carbocycles. The molecule has 0 aliphatic heterocycles. The first-order valence-electron chi connectivity index (χ1n) is 4.05. The average molecular weight is 142 g/mol. The number of nitrogens with two attached hydrogens (primary N) is 2. The Kier molecular flexibility index (Phi) is 2.02. The molecule has 10 heavy (non-hydrogen) atoms. The van der Waals surface area contributed by atoms with Gasteiger partial charge < -0.3 is 11.5 Å². The van der Waals surface area contributed by atoms with E-state index in [1.54, 1.807) is 0 Å². The van der Waals surface area contributed by atoms with Crippen molar-refractivity contribution >= 4 is 0 Å². The molecule has 0 amide bonds. The molecule has 1 saturated carbocycles. The van der Waals surface area contributed by atoms with Crippen LogP contribution in [0.25, 0.3) is 0 Å². The standard InChI is InChI=1S/C8H18N2/c1-8(2)5-3-4-6(9)7(8)10/h6-7H,3-5,9-10H2,1-2H3. The van der Waals surface area contributed by atoms with Crippen LogP contribution in [0, 0.1) is 5.41 Å². The Bertz CT molecular complexity index is 120. The molecular formula is C8H18N2. The summed E-state index contributed by atoms with van der Waals surface area (Å²) in [5.41, 5.74) is 12.0. The highest BCUT2D eigenvalue weighted by atomic mass is 14.8. The molecule has 0 radical (unpaired) electrons. The summed E-state index contributed by atoms with van der Waals surface area (Å²) >= 11 is 0. The van der Waals surface area contributed by atoms with Gasteiger partial charge in [-0.25, -0.2) is 0 Å². The molecule has 0 heterocycles. The fourth-order valence-electron chi connectivity index (χ4n) is 1.72. The van der Waals surface area contributed by atoms with E-state index in [2.05, 4.69) is 13.8 Å². The molecule has 2 atom stereocenters. The smallest absolute Gasteiger partial charge is 0.0244 e. The van der Waals surface area contributed by atoms with Gasteiger partial charge in [0.2, 0.25) is 0 Å². The van der Waals surface area contributed by atoms with Crippen LogP contribution in [0.2, 0.25) is 0 Å². The zero-order chi connectivity index (χ0) is 7.78. The fraction of sp³-hybridized carbons (Fsp3) is 1.00. The second-order valence-corrected chi connectivity index (χ2v) is 4.07. The van der Waals surface area contributed by atoms with E-state index in [0.717, 1.165) is 6.42 Å². The summed E-state index contributed by atoms with van der Waals surface area (Å²) in [5.74, 6) is 0. The normalized spacial score (nSPS) is 39.6. The molecule has 2 nitrogen and oxygen atoms in total. The van der Waals surface area contributed by atoms with Gasteiger partial charge in [-0.05, 0) is 18.3 Å². The quantitative estimate of drug-likeness (QED) is 0.527. The van der Waals surface area contributed by atoms with Gasteiger partial charge in [0.1, 0.15) is 0 Å². The van der Waals surface area contributed by atoms with Gasteiger partial charge in [-0.2, -0.15) is 0 Å². The number of hydrogen-bond donors (Lipinski definition) is 2. The van der Waals surface area contributed by atoms with Crippen LogP contribution >= 0.6 is 0 Å². The van der Waals surface area contributed by atoms with E-state index >= 15 is 0 Å². The van der Waals surface area contributed by atoms with Gasteiger partial charge in [0.15, 0.2) is 0 Å². The summed E-state index contributed by atoms with van der Waals surface area (Å²) in [6.07, 6.45) is 3.56. The first kappa shape index (κ1) is 8.02. The third-order valence-electron chi connectivity index (χ3n) is 2.72. The van der Waals surface area contributed by atoms with Crippen LogP contribution in [0.15, 0.2) is 0 Å². The summed E-state index contributed by atoms with van der Waals surface area (Å²) in [5, 5.41) is 0. The summed E-state index contributed by atoms with van der Waals surface area (Å²) < 4.78 is 0. The summed E-state index contributed by atoms with van der Waals surface area (Å²) in [7, 11) is 0. The van der Waals surface area contributed by atoms with Crippen LogP contribution in [0.5, 0.6) is 0 Å². The van der Waals surface area contributed by atoms with Crippen molar-refractivity contribution in [1.29, 1.82) is 0 Å². The molecule has 4 N–H and O–H groups in total. The zero-order valence-corrected chi connectivity index (χ0v) is 6.93. The Balaban J connectivity index is 2.60. The van der Waals surface area contributed by atoms with Crippen LogP contribution in [-0.4, -0.2) is 12.1 Å². The highest BCUT2D eigenvalue weighted by molar-refractivity contribution is 4.93. The van der Waals surface area contributed by atoms with Gasteiger partial charge in [0.25, 0.3) is 0 Å². The molecule has 2 heteroatoms. The fourth-order valence-corrected chi connectivity index (χ4v) is 1.72. The first-order chi connectivity index (χ1) is 4.54. The van der Waals surface area contributed by atoms with Crippen molar-refractivity contribution in [2.75, 3.05) is 0 Å². The Morgan fingerprint density at radius 3 is 2.30 bits per heavy atom. The van der Waals surface area contributed by atoms with E-state index in [9.17, 15) is 0 Å². The van der Waals surface area contributed by atoms with Gasteiger partial charge in [0, 0.05) is 12.1 Å².